The Morgan fingerprint density at radius 1 is 0.846 bits per heavy atom. The van der Waals surface area contributed by atoms with Crippen molar-refractivity contribution in [3.63, 3.8) is 0 Å². The first-order valence-corrected chi connectivity index (χ1v) is 3.24. The minimum Gasteiger partial charge on any atom is -0.473 e. The van der Waals surface area contributed by atoms with Crippen LogP contribution < -0.4 is 0 Å². The molecule has 1 rings (SSSR count). The van der Waals surface area contributed by atoms with E-state index < -0.39 is 11.9 Å². The van der Waals surface area contributed by atoms with Gasteiger partial charge in [-0.2, -0.15) is 0 Å². The highest BCUT2D eigenvalue weighted by atomic mass is 16.5. The normalized spacial score (nSPS) is 12.0. The number of aliphatic carboxylic acids is 2. The average molecular weight is 184 g/mol. The second kappa shape index (κ2) is 6.66. The molecule has 0 fully saturated rings. The van der Waals surface area contributed by atoms with Crippen LogP contribution in [-0.4, -0.2) is 22.2 Å². The highest BCUT2D eigenvalue weighted by Crippen LogP contribution is 1.88. The summed E-state index contributed by atoms with van der Waals surface area (Å²) in [7, 11) is 0. The Morgan fingerprint density at radius 2 is 1.23 bits per heavy atom. The van der Waals surface area contributed by atoms with Gasteiger partial charge in [0.1, 0.15) is 0 Å². The maximum atomic E-state index is 9.10. The number of hydrogen-bond acceptors (Lipinski definition) is 3. The zero-order valence-corrected chi connectivity index (χ0v) is 6.58. The molecule has 0 amide bonds. The van der Waals surface area contributed by atoms with Crippen LogP contribution >= 0.6 is 0 Å². The van der Waals surface area contributed by atoms with Gasteiger partial charge in [-0.1, -0.05) is 12.2 Å². The van der Waals surface area contributed by atoms with E-state index >= 15 is 0 Å². The Balaban J connectivity index is 0.000000226. The number of carbonyl (C=O) groups is 2. The van der Waals surface area contributed by atoms with Crippen molar-refractivity contribution >= 4 is 11.9 Å². The highest BCUT2D eigenvalue weighted by molar-refractivity contribution is 6.27. The van der Waals surface area contributed by atoms with Crippen LogP contribution in [-0.2, 0) is 14.3 Å². The Bertz CT molecular complexity index is 236. The van der Waals surface area contributed by atoms with Crippen LogP contribution in [0.5, 0.6) is 0 Å². The maximum absolute atomic E-state index is 9.10. The van der Waals surface area contributed by atoms with Crippen LogP contribution in [0.3, 0.4) is 0 Å². The third kappa shape index (κ3) is 7.86. The second-order valence-corrected chi connectivity index (χ2v) is 1.79. The number of rotatable bonds is 0. The molecule has 0 radical (unpaired) electrons. The van der Waals surface area contributed by atoms with Gasteiger partial charge in [0.2, 0.25) is 0 Å². The fourth-order valence-electron chi connectivity index (χ4n) is 0.355. The highest BCUT2D eigenvalue weighted by Gasteiger charge is 2.04. The monoisotopic (exact) mass is 184 g/mol. The predicted molar refractivity (Wildman–Crippen MR) is 43.8 cm³/mol. The number of ether oxygens (including phenoxy) is 1. The molecule has 13 heavy (non-hydrogen) atoms. The first-order chi connectivity index (χ1) is 6.14. The summed E-state index contributed by atoms with van der Waals surface area (Å²) in [4.78, 5) is 18.2. The fourth-order valence-corrected chi connectivity index (χ4v) is 0.355. The molecule has 0 atom stereocenters. The van der Waals surface area contributed by atoms with Gasteiger partial charge in [-0.3, -0.25) is 0 Å². The van der Waals surface area contributed by atoms with E-state index in [2.05, 4.69) is 0 Å². The van der Waals surface area contributed by atoms with E-state index in [1.165, 1.54) is 0 Å². The average Bonchev–Trinajstić information content (AvgIpc) is 2.35. The van der Waals surface area contributed by atoms with Crippen molar-refractivity contribution in [3.8, 4) is 0 Å². The lowest BCUT2D eigenvalue weighted by molar-refractivity contribution is -0.159. The van der Waals surface area contributed by atoms with Crippen LogP contribution in [0.2, 0.25) is 0 Å². The molecule has 1 aliphatic heterocycles. The Hall–Kier alpha value is -2.04. The van der Waals surface area contributed by atoms with E-state index in [1.807, 2.05) is 24.3 Å². The molecule has 0 unspecified atom stereocenters. The first kappa shape index (κ1) is 11.0. The Kier molecular flexibility index (Phi) is 5.61. The van der Waals surface area contributed by atoms with Gasteiger partial charge >= 0.3 is 11.9 Å². The summed E-state index contributed by atoms with van der Waals surface area (Å²) in [6.07, 6.45) is 10.7. The molecule has 0 aliphatic carbocycles. The topological polar surface area (TPSA) is 83.8 Å². The maximum Gasteiger partial charge on any atom is 0.414 e. The van der Waals surface area contributed by atoms with Crippen molar-refractivity contribution in [2.75, 3.05) is 0 Å². The Morgan fingerprint density at radius 3 is 1.54 bits per heavy atom. The van der Waals surface area contributed by atoms with Gasteiger partial charge < -0.3 is 14.9 Å². The molecule has 0 spiro atoms. The second-order valence-electron chi connectivity index (χ2n) is 1.79. The number of carboxylic acid groups (broad SMARTS) is 2. The molecule has 0 saturated carbocycles. The van der Waals surface area contributed by atoms with Crippen LogP contribution in [0.15, 0.2) is 36.8 Å². The van der Waals surface area contributed by atoms with E-state index in [-0.39, 0.29) is 0 Å². The molecular weight excluding hydrogens is 176 g/mol. The van der Waals surface area contributed by atoms with Gasteiger partial charge in [0.05, 0.1) is 12.5 Å². The molecule has 0 aromatic rings. The van der Waals surface area contributed by atoms with Crippen LogP contribution in [0.25, 0.3) is 0 Å². The van der Waals surface area contributed by atoms with Crippen LogP contribution in [0.4, 0.5) is 0 Å². The van der Waals surface area contributed by atoms with Crippen molar-refractivity contribution in [2.24, 2.45) is 0 Å². The predicted octanol–water partition coefficient (Wildman–Crippen LogP) is 0.756. The number of hydrogen-bond donors (Lipinski definition) is 2. The molecule has 0 bridgehead atoms. The van der Waals surface area contributed by atoms with E-state index in [4.69, 9.17) is 24.5 Å². The molecule has 0 aromatic carbocycles. The van der Waals surface area contributed by atoms with Gasteiger partial charge in [-0.05, 0) is 12.2 Å². The molecule has 5 heteroatoms. The van der Waals surface area contributed by atoms with Crippen molar-refractivity contribution in [1.82, 2.24) is 0 Å². The van der Waals surface area contributed by atoms with Gasteiger partial charge in [0.15, 0.2) is 0 Å². The summed E-state index contributed by atoms with van der Waals surface area (Å²) in [5.41, 5.74) is 0. The minimum atomic E-state index is -1.82. The largest absolute Gasteiger partial charge is 0.473 e. The Labute approximate surface area is 74.3 Å². The molecule has 0 saturated heterocycles. The number of carboxylic acids is 2. The van der Waals surface area contributed by atoms with Crippen molar-refractivity contribution in [3.05, 3.63) is 36.8 Å². The summed E-state index contributed by atoms with van der Waals surface area (Å²) >= 11 is 0. The molecule has 0 aromatic heterocycles. The zero-order valence-electron chi connectivity index (χ0n) is 6.58. The van der Waals surface area contributed by atoms with Crippen LogP contribution in [0, 0.1) is 0 Å². The number of allylic oxidation sites excluding steroid dienone is 4. The first-order valence-electron chi connectivity index (χ1n) is 3.24. The van der Waals surface area contributed by atoms with Crippen molar-refractivity contribution < 1.29 is 24.5 Å². The molecule has 1 aliphatic rings. The van der Waals surface area contributed by atoms with E-state index in [1.54, 1.807) is 12.5 Å². The third-order valence-electron chi connectivity index (χ3n) is 0.831. The molecule has 1 heterocycles. The molecule has 2 N–H and O–H groups in total. The third-order valence-corrected chi connectivity index (χ3v) is 0.831. The summed E-state index contributed by atoms with van der Waals surface area (Å²) in [6.45, 7) is 0. The fraction of sp³-hybridized carbons (Fsp3) is 0. The summed E-state index contributed by atoms with van der Waals surface area (Å²) in [5.74, 6) is -3.65. The lowest BCUT2D eigenvalue weighted by atomic mass is 10.5. The molecular formula is C8H8O5. The van der Waals surface area contributed by atoms with E-state index in [0.29, 0.717) is 0 Å². The van der Waals surface area contributed by atoms with Gasteiger partial charge in [-0.15, -0.1) is 0 Å². The van der Waals surface area contributed by atoms with E-state index in [0.717, 1.165) is 0 Å². The van der Waals surface area contributed by atoms with Crippen molar-refractivity contribution in [1.29, 1.82) is 0 Å². The van der Waals surface area contributed by atoms with Gasteiger partial charge in [-0.25, -0.2) is 9.59 Å². The summed E-state index contributed by atoms with van der Waals surface area (Å²) in [6, 6.07) is 0. The minimum absolute atomic E-state index is 1.62. The lowest BCUT2D eigenvalue weighted by Crippen LogP contribution is -2.09. The zero-order chi connectivity index (χ0) is 10.1. The van der Waals surface area contributed by atoms with Crippen molar-refractivity contribution in [2.45, 2.75) is 0 Å². The summed E-state index contributed by atoms with van der Waals surface area (Å²) in [5, 5.41) is 14.8. The van der Waals surface area contributed by atoms with Gasteiger partial charge in [0, 0.05) is 0 Å². The molecule has 5 nitrogen and oxygen atoms in total. The smallest absolute Gasteiger partial charge is 0.414 e. The quantitative estimate of drug-likeness (QED) is 0.543. The van der Waals surface area contributed by atoms with Crippen LogP contribution in [0.1, 0.15) is 0 Å². The molecule has 70 valence electrons. The summed E-state index contributed by atoms with van der Waals surface area (Å²) < 4.78 is 4.77. The standard InChI is InChI=1S/C6H6O.C2H2O4/c1-2-4-6-7-5-3-1;3-1(4)2(5)6/h1-6H;(H,3,4)(H,5,6). The van der Waals surface area contributed by atoms with E-state index in [9.17, 15) is 0 Å². The van der Waals surface area contributed by atoms with Gasteiger partial charge in [0.25, 0.3) is 0 Å². The lowest BCUT2D eigenvalue weighted by Gasteiger charge is -1.79. The SMILES string of the molecule is C1=CC=COC=C1.O=C(O)C(=O)O.